The molecule has 0 bridgehead atoms. The highest BCUT2D eigenvalue weighted by molar-refractivity contribution is 5.86. The molecular weight excluding hydrogens is 511 g/mol. The molecule has 2 aliphatic heterocycles. The average Bonchev–Trinajstić information content (AvgIpc) is 3.31. The smallest absolute Gasteiger partial charge is 0.337 e. The molecule has 2 aromatic rings. The summed E-state index contributed by atoms with van der Waals surface area (Å²) in [5.74, 6) is -1.28. The van der Waals surface area contributed by atoms with E-state index in [0.29, 0.717) is 49.4 Å². The van der Waals surface area contributed by atoms with Crippen LogP contribution in [0.25, 0.3) is 11.1 Å². The molecule has 0 fully saturated rings. The third kappa shape index (κ3) is 5.82. The number of benzene rings is 2. The first-order valence-electron chi connectivity index (χ1n) is 14.0. The number of amides is 2. The molecule has 2 amide bonds. The fraction of sp³-hybridized carbons (Fsp3) is 0.562. The minimum Gasteiger partial charge on any atom is -0.490 e. The average molecular weight is 555 g/mol. The molecule has 0 radical (unpaired) electrons. The van der Waals surface area contributed by atoms with Crippen molar-refractivity contribution < 1.29 is 28.6 Å². The van der Waals surface area contributed by atoms with Gasteiger partial charge in [-0.3, -0.25) is 0 Å². The SMILES string of the molecule is Cc1c(-c2c(C)c3c(c(C)c2[C@H](OC(C)(C)C)C(=O)O)CN(C(=O)NCC(C)(C)C)C3)cc(F)c2c1CCCO2. The van der Waals surface area contributed by atoms with Crippen molar-refractivity contribution in [3.8, 4) is 16.9 Å². The second kappa shape index (κ2) is 10.7. The summed E-state index contributed by atoms with van der Waals surface area (Å²) in [4.78, 5) is 27.7. The molecule has 0 aromatic heterocycles. The second-order valence-electron chi connectivity index (χ2n) is 13.3. The van der Waals surface area contributed by atoms with E-state index in [0.717, 1.165) is 39.8 Å². The lowest BCUT2D eigenvalue weighted by Crippen LogP contribution is -2.40. The Labute approximate surface area is 237 Å². The third-order valence-corrected chi connectivity index (χ3v) is 7.74. The van der Waals surface area contributed by atoms with Crippen LogP contribution in [0.5, 0.6) is 5.75 Å². The molecule has 218 valence electrons. The summed E-state index contributed by atoms with van der Waals surface area (Å²) >= 11 is 0. The summed E-state index contributed by atoms with van der Waals surface area (Å²) in [6.45, 7) is 19.2. The minimum absolute atomic E-state index is 0.0643. The number of halogens is 1. The number of aliphatic carboxylic acids is 1. The van der Waals surface area contributed by atoms with Crippen molar-refractivity contribution in [2.24, 2.45) is 5.41 Å². The molecule has 8 heteroatoms. The summed E-state index contributed by atoms with van der Waals surface area (Å²) in [5.41, 5.74) is 6.17. The predicted molar refractivity (Wildman–Crippen MR) is 153 cm³/mol. The van der Waals surface area contributed by atoms with Gasteiger partial charge in [-0.1, -0.05) is 20.8 Å². The monoisotopic (exact) mass is 554 g/mol. The molecule has 7 nitrogen and oxygen atoms in total. The van der Waals surface area contributed by atoms with Gasteiger partial charge in [-0.2, -0.15) is 0 Å². The van der Waals surface area contributed by atoms with Gasteiger partial charge in [-0.25, -0.2) is 14.0 Å². The first-order chi connectivity index (χ1) is 18.5. The van der Waals surface area contributed by atoms with Crippen LogP contribution in [-0.4, -0.2) is 40.8 Å². The lowest BCUT2D eigenvalue weighted by atomic mass is 9.81. The Morgan fingerprint density at radius 1 is 1.05 bits per heavy atom. The Morgan fingerprint density at radius 2 is 1.68 bits per heavy atom. The van der Waals surface area contributed by atoms with E-state index in [4.69, 9.17) is 9.47 Å². The molecule has 0 saturated heterocycles. The fourth-order valence-corrected chi connectivity index (χ4v) is 5.80. The molecule has 2 aromatic carbocycles. The molecular formula is C32H43FN2O5. The maximum absolute atomic E-state index is 15.5. The van der Waals surface area contributed by atoms with Crippen LogP contribution in [0.2, 0.25) is 0 Å². The summed E-state index contributed by atoms with van der Waals surface area (Å²) in [6, 6.07) is 1.30. The van der Waals surface area contributed by atoms with E-state index in [2.05, 4.69) is 26.1 Å². The van der Waals surface area contributed by atoms with Gasteiger partial charge in [-0.05, 0) is 105 Å². The fourth-order valence-electron chi connectivity index (χ4n) is 5.80. The van der Waals surface area contributed by atoms with Gasteiger partial charge in [0.05, 0.1) is 12.2 Å². The number of hydrogen-bond acceptors (Lipinski definition) is 4. The van der Waals surface area contributed by atoms with Crippen LogP contribution in [0.4, 0.5) is 9.18 Å². The molecule has 40 heavy (non-hydrogen) atoms. The summed E-state index contributed by atoms with van der Waals surface area (Å²) in [6.07, 6.45) is 0.194. The number of carboxylic acid groups (broad SMARTS) is 1. The van der Waals surface area contributed by atoms with Crippen molar-refractivity contribution >= 4 is 12.0 Å². The third-order valence-electron chi connectivity index (χ3n) is 7.74. The quantitative estimate of drug-likeness (QED) is 0.427. The lowest BCUT2D eigenvalue weighted by Gasteiger charge is -2.31. The molecule has 2 aliphatic rings. The lowest BCUT2D eigenvalue weighted by molar-refractivity contribution is -0.160. The van der Waals surface area contributed by atoms with Crippen LogP contribution in [-0.2, 0) is 29.0 Å². The number of rotatable bonds is 5. The van der Waals surface area contributed by atoms with E-state index < -0.39 is 23.5 Å². The highest BCUT2D eigenvalue weighted by Crippen LogP contribution is 2.46. The Balaban J connectivity index is 1.94. The first-order valence-corrected chi connectivity index (χ1v) is 14.0. The summed E-state index contributed by atoms with van der Waals surface area (Å²) in [5, 5.41) is 13.5. The van der Waals surface area contributed by atoms with Gasteiger partial charge < -0.3 is 24.8 Å². The van der Waals surface area contributed by atoms with E-state index in [1.165, 1.54) is 6.07 Å². The van der Waals surface area contributed by atoms with E-state index >= 15 is 4.39 Å². The highest BCUT2D eigenvalue weighted by atomic mass is 19.1. The second-order valence-corrected chi connectivity index (χ2v) is 13.3. The van der Waals surface area contributed by atoms with Crippen molar-refractivity contribution in [1.29, 1.82) is 0 Å². The molecule has 0 unspecified atom stereocenters. The Bertz CT molecular complexity index is 1350. The van der Waals surface area contributed by atoms with E-state index in [1.54, 1.807) is 4.90 Å². The van der Waals surface area contributed by atoms with Crippen molar-refractivity contribution in [3.05, 3.63) is 50.8 Å². The van der Waals surface area contributed by atoms with E-state index in [-0.39, 0.29) is 17.2 Å². The molecule has 4 rings (SSSR count). The van der Waals surface area contributed by atoms with Crippen LogP contribution >= 0.6 is 0 Å². The number of ether oxygens (including phenoxy) is 2. The molecule has 0 saturated carbocycles. The summed E-state index contributed by atoms with van der Waals surface area (Å²) < 4.78 is 27.3. The van der Waals surface area contributed by atoms with Gasteiger partial charge in [0, 0.05) is 30.8 Å². The van der Waals surface area contributed by atoms with Crippen molar-refractivity contribution in [2.45, 2.75) is 99.9 Å². The number of urea groups is 1. The van der Waals surface area contributed by atoms with E-state index in [9.17, 15) is 14.7 Å². The molecule has 1 atom stereocenters. The van der Waals surface area contributed by atoms with Crippen molar-refractivity contribution in [1.82, 2.24) is 10.2 Å². The van der Waals surface area contributed by atoms with Crippen LogP contribution in [0.1, 0.15) is 93.0 Å². The largest absolute Gasteiger partial charge is 0.490 e. The van der Waals surface area contributed by atoms with Gasteiger partial charge in [0.25, 0.3) is 0 Å². The number of carbonyl (C=O) groups is 2. The van der Waals surface area contributed by atoms with Gasteiger partial charge >= 0.3 is 12.0 Å². The maximum atomic E-state index is 15.5. The Hall–Kier alpha value is -3.13. The zero-order valence-corrected chi connectivity index (χ0v) is 25.3. The zero-order chi connectivity index (χ0) is 29.7. The highest BCUT2D eigenvalue weighted by Gasteiger charge is 2.37. The first kappa shape index (κ1) is 29.8. The standard InChI is InChI=1S/C32H43FN2O5/c1-17-20-11-10-12-39-27(20)24(33)13-21(17)25-18(2)22-14-35(30(38)34-16-31(4,5)6)15-23(22)19(3)26(25)28(29(36)37)40-32(7,8)9/h13,28H,10-12,14-16H2,1-9H3,(H,34,38)(H,36,37)/t28-/m0/s1. The van der Waals surface area contributed by atoms with Gasteiger partial charge in [0.1, 0.15) is 0 Å². The molecule has 2 heterocycles. The summed E-state index contributed by atoms with van der Waals surface area (Å²) in [7, 11) is 0. The number of nitrogens with one attached hydrogen (secondary N) is 1. The normalized spacial score (nSPS) is 15.8. The van der Waals surface area contributed by atoms with Crippen LogP contribution < -0.4 is 10.1 Å². The predicted octanol–water partition coefficient (Wildman–Crippen LogP) is 6.76. The molecule has 0 aliphatic carbocycles. The number of nitrogens with zero attached hydrogens (tertiary/aromatic N) is 1. The number of carbonyl (C=O) groups excluding carboxylic acids is 1. The number of carboxylic acids is 1. The van der Waals surface area contributed by atoms with Crippen LogP contribution in [0, 0.1) is 32.0 Å². The van der Waals surface area contributed by atoms with Crippen LogP contribution in [0.15, 0.2) is 6.07 Å². The Kier molecular flexibility index (Phi) is 7.98. The minimum atomic E-state index is -1.28. The number of hydrogen-bond donors (Lipinski definition) is 2. The maximum Gasteiger partial charge on any atom is 0.337 e. The van der Waals surface area contributed by atoms with Gasteiger partial charge in [-0.15, -0.1) is 0 Å². The molecule has 0 spiro atoms. The van der Waals surface area contributed by atoms with Crippen molar-refractivity contribution in [3.63, 3.8) is 0 Å². The molecule has 2 N–H and O–H groups in total. The zero-order valence-electron chi connectivity index (χ0n) is 25.3. The Morgan fingerprint density at radius 3 is 2.25 bits per heavy atom. The topological polar surface area (TPSA) is 88.1 Å². The van der Waals surface area contributed by atoms with Crippen LogP contribution in [0.3, 0.4) is 0 Å². The van der Waals surface area contributed by atoms with E-state index in [1.807, 2.05) is 41.5 Å². The van der Waals surface area contributed by atoms with Crippen molar-refractivity contribution in [2.75, 3.05) is 13.2 Å². The van der Waals surface area contributed by atoms with Gasteiger partial charge in [0.2, 0.25) is 0 Å². The number of fused-ring (bicyclic) bond motifs is 2. The van der Waals surface area contributed by atoms with Gasteiger partial charge in [0.15, 0.2) is 17.7 Å².